The van der Waals surface area contributed by atoms with Gasteiger partial charge in [-0.05, 0) is 48.1 Å². The molecule has 3 nitrogen and oxygen atoms in total. The molecule has 112 valence electrons. The van der Waals surface area contributed by atoms with Crippen molar-refractivity contribution in [2.75, 3.05) is 5.43 Å². The number of hydrazine groups is 1. The number of ether oxygens (including phenoxy) is 1. The molecule has 0 aliphatic rings. The van der Waals surface area contributed by atoms with Crippen LogP contribution < -0.4 is 16.0 Å². The fraction of sp³-hybridized carbons (Fsp3) is 0.333. The van der Waals surface area contributed by atoms with E-state index in [2.05, 4.69) is 37.5 Å². The van der Waals surface area contributed by atoms with Gasteiger partial charge in [0.15, 0.2) is 0 Å². The van der Waals surface area contributed by atoms with Gasteiger partial charge < -0.3 is 10.2 Å². The normalized spacial score (nSPS) is 10.7. The Bertz CT molecular complexity index is 552. The predicted octanol–water partition coefficient (Wildman–Crippen LogP) is 4.14. The van der Waals surface area contributed by atoms with Gasteiger partial charge in [-0.15, -0.1) is 0 Å². The van der Waals surface area contributed by atoms with Gasteiger partial charge in [0.25, 0.3) is 0 Å². The van der Waals surface area contributed by atoms with Crippen LogP contribution in [-0.2, 0) is 13.0 Å². The van der Waals surface area contributed by atoms with Crippen LogP contribution in [0.5, 0.6) is 5.75 Å². The second kappa shape index (κ2) is 7.70. The number of anilines is 1. The van der Waals surface area contributed by atoms with Crippen molar-refractivity contribution in [3.05, 3.63) is 59.7 Å². The molecular formula is C18H24N2O. The van der Waals surface area contributed by atoms with Gasteiger partial charge >= 0.3 is 0 Å². The second-order valence-electron chi connectivity index (χ2n) is 5.67. The van der Waals surface area contributed by atoms with E-state index in [4.69, 9.17) is 10.6 Å². The number of nitrogen functional groups attached to an aromatic ring is 1. The first kappa shape index (κ1) is 15.4. The van der Waals surface area contributed by atoms with Crippen LogP contribution in [0.15, 0.2) is 48.5 Å². The molecule has 0 amide bonds. The van der Waals surface area contributed by atoms with Crippen LogP contribution in [0.1, 0.15) is 31.4 Å². The van der Waals surface area contributed by atoms with Crippen molar-refractivity contribution < 1.29 is 4.74 Å². The maximum absolute atomic E-state index is 5.87. The van der Waals surface area contributed by atoms with Gasteiger partial charge in [-0.2, -0.15) is 0 Å². The summed E-state index contributed by atoms with van der Waals surface area (Å²) in [6, 6.07) is 16.2. The predicted molar refractivity (Wildman–Crippen MR) is 88.2 cm³/mol. The third-order valence-corrected chi connectivity index (χ3v) is 3.47. The third kappa shape index (κ3) is 4.80. The number of benzene rings is 2. The average molecular weight is 284 g/mol. The maximum Gasteiger partial charge on any atom is 0.120 e. The SMILES string of the molecule is CC(C)CCc1cc(OCc2ccccc2)ccc1NN. The summed E-state index contributed by atoms with van der Waals surface area (Å²) in [7, 11) is 0. The molecule has 21 heavy (non-hydrogen) atoms. The summed E-state index contributed by atoms with van der Waals surface area (Å²) >= 11 is 0. The third-order valence-electron chi connectivity index (χ3n) is 3.47. The minimum absolute atomic E-state index is 0.583. The molecule has 0 radical (unpaired) electrons. The zero-order valence-electron chi connectivity index (χ0n) is 12.8. The Morgan fingerprint density at radius 1 is 1.10 bits per heavy atom. The molecule has 0 bridgehead atoms. The summed E-state index contributed by atoms with van der Waals surface area (Å²) < 4.78 is 5.87. The first-order valence-electron chi connectivity index (χ1n) is 7.45. The van der Waals surface area contributed by atoms with E-state index in [0.29, 0.717) is 12.5 Å². The summed E-state index contributed by atoms with van der Waals surface area (Å²) in [4.78, 5) is 0. The number of hydrogen-bond donors (Lipinski definition) is 2. The summed E-state index contributed by atoms with van der Waals surface area (Å²) in [6.45, 7) is 5.04. The highest BCUT2D eigenvalue weighted by atomic mass is 16.5. The Kier molecular flexibility index (Phi) is 5.64. The van der Waals surface area contributed by atoms with Gasteiger partial charge in [0.2, 0.25) is 0 Å². The lowest BCUT2D eigenvalue weighted by atomic mass is 10.0. The first-order chi connectivity index (χ1) is 10.2. The molecular weight excluding hydrogens is 260 g/mol. The minimum atomic E-state index is 0.583. The van der Waals surface area contributed by atoms with E-state index < -0.39 is 0 Å². The number of hydrogen-bond acceptors (Lipinski definition) is 3. The molecule has 0 fully saturated rings. The molecule has 0 heterocycles. The van der Waals surface area contributed by atoms with E-state index in [-0.39, 0.29) is 0 Å². The van der Waals surface area contributed by atoms with Crippen molar-refractivity contribution in [1.29, 1.82) is 0 Å². The topological polar surface area (TPSA) is 47.3 Å². The average Bonchev–Trinajstić information content (AvgIpc) is 2.52. The lowest BCUT2D eigenvalue weighted by Crippen LogP contribution is -2.10. The first-order valence-corrected chi connectivity index (χ1v) is 7.45. The minimum Gasteiger partial charge on any atom is -0.489 e. The Labute approximate surface area is 127 Å². The lowest BCUT2D eigenvalue weighted by Gasteiger charge is -2.13. The molecule has 0 aliphatic heterocycles. The Morgan fingerprint density at radius 2 is 1.86 bits per heavy atom. The van der Waals surface area contributed by atoms with Gasteiger partial charge in [-0.25, -0.2) is 0 Å². The highest BCUT2D eigenvalue weighted by Gasteiger charge is 2.06. The largest absolute Gasteiger partial charge is 0.489 e. The number of aryl methyl sites for hydroxylation is 1. The smallest absolute Gasteiger partial charge is 0.120 e. The van der Waals surface area contributed by atoms with Crippen LogP contribution in [-0.4, -0.2) is 0 Å². The Hall–Kier alpha value is -2.00. The second-order valence-corrected chi connectivity index (χ2v) is 5.67. The monoisotopic (exact) mass is 284 g/mol. The fourth-order valence-electron chi connectivity index (χ4n) is 2.19. The standard InChI is InChI=1S/C18H24N2O/c1-14(2)8-9-16-12-17(10-11-18(16)20-19)21-13-15-6-4-3-5-7-15/h3-7,10-12,14,20H,8-9,13,19H2,1-2H3. The van der Waals surface area contributed by atoms with Crippen molar-refractivity contribution in [2.24, 2.45) is 11.8 Å². The maximum atomic E-state index is 5.87. The van der Waals surface area contributed by atoms with E-state index in [1.54, 1.807) is 0 Å². The van der Waals surface area contributed by atoms with Crippen LogP contribution in [0.3, 0.4) is 0 Å². The van der Waals surface area contributed by atoms with E-state index in [1.807, 2.05) is 30.3 Å². The molecule has 0 aliphatic carbocycles. The van der Waals surface area contributed by atoms with Gasteiger partial charge in [-0.1, -0.05) is 44.2 Å². The number of nitrogens with one attached hydrogen (secondary N) is 1. The fourth-order valence-corrected chi connectivity index (χ4v) is 2.19. The quantitative estimate of drug-likeness (QED) is 0.593. The van der Waals surface area contributed by atoms with E-state index in [9.17, 15) is 0 Å². The van der Waals surface area contributed by atoms with Crippen LogP contribution >= 0.6 is 0 Å². The molecule has 0 atom stereocenters. The summed E-state index contributed by atoms with van der Waals surface area (Å²) in [6.07, 6.45) is 2.14. The Balaban J connectivity index is 2.04. The summed E-state index contributed by atoms with van der Waals surface area (Å²) in [5, 5.41) is 0. The van der Waals surface area contributed by atoms with Crippen LogP contribution in [0.2, 0.25) is 0 Å². The van der Waals surface area contributed by atoms with E-state index in [1.165, 1.54) is 11.1 Å². The highest BCUT2D eigenvalue weighted by molar-refractivity contribution is 5.53. The molecule has 0 spiro atoms. The Morgan fingerprint density at radius 3 is 2.52 bits per heavy atom. The molecule has 0 aromatic heterocycles. The molecule has 0 saturated carbocycles. The van der Waals surface area contributed by atoms with Gasteiger partial charge in [0, 0.05) is 0 Å². The molecule has 2 rings (SSSR count). The van der Waals surface area contributed by atoms with Gasteiger partial charge in [-0.3, -0.25) is 5.84 Å². The lowest BCUT2D eigenvalue weighted by molar-refractivity contribution is 0.306. The van der Waals surface area contributed by atoms with Crippen molar-refractivity contribution in [1.82, 2.24) is 0 Å². The molecule has 3 heteroatoms. The van der Waals surface area contributed by atoms with Crippen molar-refractivity contribution in [3.63, 3.8) is 0 Å². The number of rotatable bonds is 7. The van der Waals surface area contributed by atoms with Crippen molar-refractivity contribution >= 4 is 5.69 Å². The molecule has 2 aromatic rings. The van der Waals surface area contributed by atoms with Crippen LogP contribution in [0.4, 0.5) is 5.69 Å². The highest BCUT2D eigenvalue weighted by Crippen LogP contribution is 2.24. The molecule has 0 unspecified atom stereocenters. The summed E-state index contributed by atoms with van der Waals surface area (Å²) in [5.74, 6) is 7.14. The van der Waals surface area contributed by atoms with Gasteiger partial charge in [0.1, 0.15) is 12.4 Å². The zero-order valence-corrected chi connectivity index (χ0v) is 12.8. The van der Waals surface area contributed by atoms with Gasteiger partial charge in [0.05, 0.1) is 5.69 Å². The molecule has 3 N–H and O–H groups in total. The van der Waals surface area contributed by atoms with E-state index >= 15 is 0 Å². The molecule has 2 aromatic carbocycles. The van der Waals surface area contributed by atoms with Crippen LogP contribution in [0.25, 0.3) is 0 Å². The van der Waals surface area contributed by atoms with Crippen LogP contribution in [0, 0.1) is 5.92 Å². The van der Waals surface area contributed by atoms with Crippen molar-refractivity contribution in [3.8, 4) is 5.75 Å². The van der Waals surface area contributed by atoms with Crippen molar-refractivity contribution in [2.45, 2.75) is 33.3 Å². The molecule has 0 saturated heterocycles. The summed E-state index contributed by atoms with van der Waals surface area (Å²) in [5.41, 5.74) is 6.11. The number of nitrogens with two attached hydrogens (primary N) is 1. The van der Waals surface area contributed by atoms with E-state index in [0.717, 1.165) is 24.3 Å². The zero-order chi connectivity index (χ0) is 15.1.